The Bertz CT molecular complexity index is 682. The van der Waals surface area contributed by atoms with Crippen LogP contribution in [0.4, 0.5) is 10.1 Å². The first-order valence-corrected chi connectivity index (χ1v) is 7.89. The monoisotopic (exact) mass is 300 g/mol. The van der Waals surface area contributed by atoms with Gasteiger partial charge in [-0.25, -0.2) is 17.5 Å². The summed E-state index contributed by atoms with van der Waals surface area (Å²) in [6.07, 6.45) is 0. The Kier molecular flexibility index (Phi) is 3.88. The van der Waals surface area contributed by atoms with Crippen molar-refractivity contribution in [2.45, 2.75) is 18.4 Å². The summed E-state index contributed by atoms with van der Waals surface area (Å²) in [6, 6.07) is 4.09. The molecule has 19 heavy (non-hydrogen) atoms. The maximum atomic E-state index is 13.2. The van der Waals surface area contributed by atoms with Gasteiger partial charge in [-0.3, -0.25) is 0 Å². The number of nitrogens with two attached hydrogens (primary N) is 1. The average molecular weight is 300 g/mol. The van der Waals surface area contributed by atoms with Crippen LogP contribution in [0.1, 0.15) is 11.1 Å². The zero-order chi connectivity index (χ0) is 14.0. The molecule has 1 heterocycles. The fourth-order valence-corrected chi connectivity index (χ4v) is 3.55. The van der Waals surface area contributed by atoms with Crippen LogP contribution in [0.15, 0.2) is 33.9 Å². The zero-order valence-electron chi connectivity index (χ0n) is 10.2. The number of halogens is 1. The van der Waals surface area contributed by atoms with E-state index in [4.69, 9.17) is 5.73 Å². The molecule has 0 aliphatic carbocycles. The predicted octanol–water partition coefficient (Wildman–Crippen LogP) is 2.26. The molecule has 0 saturated heterocycles. The molecule has 0 bridgehead atoms. The molecule has 0 amide bonds. The van der Waals surface area contributed by atoms with Crippen molar-refractivity contribution in [1.82, 2.24) is 4.72 Å². The van der Waals surface area contributed by atoms with Crippen LogP contribution in [-0.4, -0.2) is 8.42 Å². The Morgan fingerprint density at radius 3 is 2.79 bits per heavy atom. The molecule has 0 atom stereocenters. The molecule has 2 aromatic rings. The van der Waals surface area contributed by atoms with E-state index in [1.807, 2.05) is 16.8 Å². The molecular formula is C12H13FN2O2S2. The van der Waals surface area contributed by atoms with Crippen molar-refractivity contribution in [3.8, 4) is 0 Å². The van der Waals surface area contributed by atoms with E-state index in [9.17, 15) is 12.8 Å². The first-order chi connectivity index (χ1) is 8.90. The largest absolute Gasteiger partial charge is 0.396 e. The van der Waals surface area contributed by atoms with Crippen molar-refractivity contribution < 1.29 is 12.8 Å². The summed E-state index contributed by atoms with van der Waals surface area (Å²) in [7, 11) is -3.70. The Morgan fingerprint density at radius 2 is 2.16 bits per heavy atom. The third-order valence-electron chi connectivity index (χ3n) is 2.63. The first kappa shape index (κ1) is 14.0. The molecule has 1 aromatic carbocycles. The van der Waals surface area contributed by atoms with Gasteiger partial charge in [-0.1, -0.05) is 0 Å². The van der Waals surface area contributed by atoms with Gasteiger partial charge in [0.25, 0.3) is 0 Å². The van der Waals surface area contributed by atoms with E-state index in [0.29, 0.717) is 5.56 Å². The minimum Gasteiger partial charge on any atom is -0.396 e. The molecule has 0 saturated carbocycles. The lowest BCUT2D eigenvalue weighted by Crippen LogP contribution is -2.24. The highest BCUT2D eigenvalue weighted by Gasteiger charge is 2.18. The number of hydrogen-bond donors (Lipinski definition) is 2. The molecule has 1 aromatic heterocycles. The number of anilines is 1. The molecule has 2 rings (SSSR count). The summed E-state index contributed by atoms with van der Waals surface area (Å²) in [5.41, 5.74) is 6.43. The normalized spacial score (nSPS) is 11.7. The lowest BCUT2D eigenvalue weighted by atomic mass is 10.2. The van der Waals surface area contributed by atoms with Gasteiger partial charge >= 0.3 is 0 Å². The minimum absolute atomic E-state index is 0.00151. The highest BCUT2D eigenvalue weighted by atomic mass is 32.2. The van der Waals surface area contributed by atoms with Gasteiger partial charge in [-0.15, -0.1) is 0 Å². The molecule has 0 radical (unpaired) electrons. The zero-order valence-corrected chi connectivity index (χ0v) is 11.8. The summed E-state index contributed by atoms with van der Waals surface area (Å²) in [5.74, 6) is -0.616. The number of hydrogen-bond acceptors (Lipinski definition) is 4. The van der Waals surface area contributed by atoms with Gasteiger partial charge in [0, 0.05) is 6.54 Å². The molecule has 0 spiro atoms. The Labute approximate surface area is 115 Å². The second kappa shape index (κ2) is 5.28. The van der Waals surface area contributed by atoms with E-state index >= 15 is 0 Å². The molecule has 102 valence electrons. The summed E-state index contributed by atoms with van der Waals surface area (Å²) in [5, 5.41) is 3.72. The van der Waals surface area contributed by atoms with E-state index < -0.39 is 15.8 Å². The van der Waals surface area contributed by atoms with Gasteiger partial charge in [0.15, 0.2) is 0 Å². The number of nitrogen functional groups attached to an aromatic ring is 1. The molecule has 4 nitrogen and oxygen atoms in total. The van der Waals surface area contributed by atoms with E-state index in [0.717, 1.165) is 17.7 Å². The molecule has 0 aliphatic rings. The van der Waals surface area contributed by atoms with E-state index in [1.54, 1.807) is 0 Å². The van der Waals surface area contributed by atoms with Crippen LogP contribution < -0.4 is 10.5 Å². The van der Waals surface area contributed by atoms with Gasteiger partial charge in [-0.05, 0) is 47.0 Å². The minimum atomic E-state index is -3.70. The van der Waals surface area contributed by atoms with Gasteiger partial charge < -0.3 is 5.73 Å². The smallest absolute Gasteiger partial charge is 0.241 e. The van der Waals surface area contributed by atoms with Crippen LogP contribution in [0.3, 0.4) is 0 Å². The van der Waals surface area contributed by atoms with Crippen LogP contribution in [0.5, 0.6) is 0 Å². The number of nitrogens with one attached hydrogen (secondary N) is 1. The maximum Gasteiger partial charge on any atom is 0.241 e. The standard InChI is InChI=1S/C12H13FN2O2S2/c1-8-4-10(13)11(14)5-12(8)19(16,17)15-6-9-2-3-18-7-9/h2-5,7,15H,6,14H2,1H3. The summed E-state index contributed by atoms with van der Waals surface area (Å²) < 4.78 is 39.9. The molecular weight excluding hydrogens is 287 g/mol. The number of aryl methyl sites for hydroxylation is 1. The molecule has 7 heteroatoms. The van der Waals surface area contributed by atoms with E-state index in [-0.39, 0.29) is 17.1 Å². The van der Waals surface area contributed by atoms with Crippen LogP contribution >= 0.6 is 11.3 Å². The summed E-state index contributed by atoms with van der Waals surface area (Å²) in [6.45, 7) is 1.73. The molecule has 0 unspecified atom stereocenters. The Hall–Kier alpha value is -1.44. The van der Waals surface area contributed by atoms with Crippen molar-refractivity contribution in [1.29, 1.82) is 0 Å². The van der Waals surface area contributed by atoms with Crippen molar-refractivity contribution in [3.05, 3.63) is 45.9 Å². The molecule has 0 fully saturated rings. The van der Waals surface area contributed by atoms with Gasteiger partial charge in [0.1, 0.15) is 5.82 Å². The fraction of sp³-hybridized carbons (Fsp3) is 0.167. The quantitative estimate of drug-likeness (QED) is 0.851. The predicted molar refractivity (Wildman–Crippen MR) is 73.9 cm³/mol. The van der Waals surface area contributed by atoms with Gasteiger partial charge in [0.05, 0.1) is 10.6 Å². The number of sulfonamides is 1. The third kappa shape index (κ3) is 3.12. The lowest BCUT2D eigenvalue weighted by Gasteiger charge is -2.10. The van der Waals surface area contributed by atoms with E-state index in [1.165, 1.54) is 18.3 Å². The topological polar surface area (TPSA) is 72.2 Å². The Balaban J connectivity index is 2.27. The number of rotatable bonds is 4. The average Bonchev–Trinajstić information content (AvgIpc) is 2.84. The highest BCUT2D eigenvalue weighted by Crippen LogP contribution is 2.21. The van der Waals surface area contributed by atoms with Crippen LogP contribution in [0, 0.1) is 12.7 Å². The number of thiophene rings is 1. The number of benzene rings is 1. The van der Waals surface area contributed by atoms with Crippen molar-refractivity contribution in [2.24, 2.45) is 0 Å². The summed E-state index contributed by atoms with van der Waals surface area (Å²) in [4.78, 5) is 0.00151. The maximum absolute atomic E-state index is 13.2. The van der Waals surface area contributed by atoms with Crippen molar-refractivity contribution in [3.63, 3.8) is 0 Å². The Morgan fingerprint density at radius 1 is 1.42 bits per heavy atom. The third-order valence-corrected chi connectivity index (χ3v) is 4.91. The van der Waals surface area contributed by atoms with Crippen LogP contribution in [-0.2, 0) is 16.6 Å². The van der Waals surface area contributed by atoms with Gasteiger partial charge in [0.2, 0.25) is 10.0 Å². The molecule has 3 N–H and O–H groups in total. The van der Waals surface area contributed by atoms with Crippen molar-refractivity contribution >= 4 is 27.0 Å². The van der Waals surface area contributed by atoms with Gasteiger partial charge in [-0.2, -0.15) is 11.3 Å². The first-order valence-electron chi connectivity index (χ1n) is 5.46. The SMILES string of the molecule is Cc1cc(F)c(N)cc1S(=O)(=O)NCc1ccsc1. The van der Waals surface area contributed by atoms with Crippen LogP contribution in [0.2, 0.25) is 0 Å². The lowest BCUT2D eigenvalue weighted by molar-refractivity contribution is 0.580. The van der Waals surface area contributed by atoms with Crippen LogP contribution in [0.25, 0.3) is 0 Å². The van der Waals surface area contributed by atoms with E-state index in [2.05, 4.69) is 4.72 Å². The highest BCUT2D eigenvalue weighted by molar-refractivity contribution is 7.89. The summed E-state index contributed by atoms with van der Waals surface area (Å²) >= 11 is 1.49. The molecule has 0 aliphatic heterocycles. The second-order valence-corrected chi connectivity index (χ2v) is 6.61. The fourth-order valence-electron chi connectivity index (χ4n) is 1.61. The van der Waals surface area contributed by atoms with Crippen molar-refractivity contribution in [2.75, 3.05) is 5.73 Å². The second-order valence-electron chi connectivity index (χ2n) is 4.10.